The molecule has 0 radical (unpaired) electrons. The molecule has 1 aromatic carbocycles. The lowest BCUT2D eigenvalue weighted by Crippen LogP contribution is -2.48. The van der Waals surface area contributed by atoms with E-state index in [-0.39, 0.29) is 11.7 Å². The SMILES string of the molecule is O=C1NC2(CCCCC2)C(=O)N1/N=C\c1ccc(F)cc1. The van der Waals surface area contributed by atoms with Crippen molar-refractivity contribution in [2.75, 3.05) is 0 Å². The van der Waals surface area contributed by atoms with E-state index in [2.05, 4.69) is 10.4 Å². The van der Waals surface area contributed by atoms with Gasteiger partial charge in [-0.3, -0.25) is 4.79 Å². The second-order valence-corrected chi connectivity index (χ2v) is 5.49. The van der Waals surface area contributed by atoms with Crippen LogP contribution in [0.15, 0.2) is 29.4 Å². The number of benzene rings is 1. The first kappa shape index (κ1) is 13.7. The molecule has 0 unspecified atom stereocenters. The van der Waals surface area contributed by atoms with Crippen molar-refractivity contribution in [3.05, 3.63) is 35.6 Å². The first-order chi connectivity index (χ1) is 10.1. The minimum atomic E-state index is -0.768. The van der Waals surface area contributed by atoms with Gasteiger partial charge in [0.25, 0.3) is 5.91 Å². The van der Waals surface area contributed by atoms with E-state index in [4.69, 9.17) is 0 Å². The standard InChI is InChI=1S/C15H16FN3O2/c16-12-6-4-11(5-7-12)10-17-19-13(20)15(18-14(19)21)8-2-1-3-9-15/h4-7,10H,1-3,8-9H2,(H,18,21)/b17-10-. The second kappa shape index (κ2) is 5.27. The van der Waals surface area contributed by atoms with Gasteiger partial charge in [0, 0.05) is 0 Å². The van der Waals surface area contributed by atoms with E-state index in [0.717, 1.165) is 24.3 Å². The van der Waals surface area contributed by atoms with Crippen LogP contribution in [-0.2, 0) is 4.79 Å². The largest absolute Gasteiger partial charge is 0.346 e. The molecule has 1 spiro atoms. The van der Waals surface area contributed by atoms with Crippen LogP contribution < -0.4 is 5.32 Å². The van der Waals surface area contributed by atoms with Crippen molar-refractivity contribution in [3.8, 4) is 0 Å². The highest BCUT2D eigenvalue weighted by Gasteiger charge is 2.51. The molecule has 2 aliphatic rings. The van der Waals surface area contributed by atoms with Crippen molar-refractivity contribution < 1.29 is 14.0 Å². The zero-order chi connectivity index (χ0) is 14.9. The molecule has 1 saturated carbocycles. The number of hydrogen-bond donors (Lipinski definition) is 1. The first-order valence-electron chi connectivity index (χ1n) is 7.07. The number of amides is 3. The minimum Gasteiger partial charge on any atom is -0.321 e. The monoisotopic (exact) mass is 289 g/mol. The molecule has 6 heteroatoms. The highest BCUT2D eigenvalue weighted by Crippen LogP contribution is 2.33. The van der Waals surface area contributed by atoms with E-state index in [9.17, 15) is 14.0 Å². The number of nitrogens with one attached hydrogen (secondary N) is 1. The Morgan fingerprint density at radius 1 is 1.14 bits per heavy atom. The van der Waals surface area contributed by atoms with Gasteiger partial charge in [-0.2, -0.15) is 5.10 Å². The van der Waals surface area contributed by atoms with Crippen molar-refractivity contribution in [1.82, 2.24) is 10.3 Å². The van der Waals surface area contributed by atoms with E-state index in [1.54, 1.807) is 0 Å². The van der Waals surface area contributed by atoms with Gasteiger partial charge in [-0.25, -0.2) is 9.18 Å². The summed E-state index contributed by atoms with van der Waals surface area (Å²) in [6, 6.07) is 5.19. The molecule has 1 aliphatic carbocycles. The van der Waals surface area contributed by atoms with E-state index < -0.39 is 11.6 Å². The summed E-state index contributed by atoms with van der Waals surface area (Å²) in [5.74, 6) is -0.631. The highest BCUT2D eigenvalue weighted by molar-refractivity contribution is 6.07. The molecule has 0 bridgehead atoms. The van der Waals surface area contributed by atoms with Gasteiger partial charge in [0.05, 0.1) is 6.21 Å². The average molecular weight is 289 g/mol. The summed E-state index contributed by atoms with van der Waals surface area (Å²) in [5, 5.41) is 7.62. The van der Waals surface area contributed by atoms with Crippen LogP contribution in [0.25, 0.3) is 0 Å². The van der Waals surface area contributed by atoms with E-state index in [1.807, 2.05) is 0 Å². The van der Waals surface area contributed by atoms with Crippen LogP contribution in [0.3, 0.4) is 0 Å². The Morgan fingerprint density at radius 2 is 1.81 bits per heavy atom. The number of nitrogens with zero attached hydrogens (tertiary/aromatic N) is 2. The van der Waals surface area contributed by atoms with Crippen LogP contribution in [0, 0.1) is 5.82 Å². The molecule has 2 fully saturated rings. The Hall–Kier alpha value is -2.24. The third-order valence-corrected chi connectivity index (χ3v) is 4.04. The number of carbonyl (C=O) groups is 2. The summed E-state index contributed by atoms with van der Waals surface area (Å²) >= 11 is 0. The third-order valence-electron chi connectivity index (χ3n) is 4.04. The van der Waals surface area contributed by atoms with Gasteiger partial charge in [-0.05, 0) is 30.5 Å². The van der Waals surface area contributed by atoms with Gasteiger partial charge < -0.3 is 5.32 Å². The molecule has 0 aromatic heterocycles. The lowest BCUT2D eigenvalue weighted by molar-refractivity contribution is -0.132. The molecule has 1 aromatic rings. The molecule has 1 heterocycles. The maximum absolute atomic E-state index is 12.8. The van der Waals surface area contributed by atoms with Crippen molar-refractivity contribution in [1.29, 1.82) is 0 Å². The average Bonchev–Trinajstić information content (AvgIpc) is 2.71. The van der Waals surface area contributed by atoms with Crippen LogP contribution in [0.1, 0.15) is 37.7 Å². The summed E-state index contributed by atoms with van der Waals surface area (Å²) in [7, 11) is 0. The summed E-state index contributed by atoms with van der Waals surface area (Å²) in [5.41, 5.74) is -0.142. The molecule has 110 valence electrons. The maximum Gasteiger partial charge on any atom is 0.346 e. The number of hydrazone groups is 1. The lowest BCUT2D eigenvalue weighted by atomic mass is 9.82. The summed E-state index contributed by atoms with van der Waals surface area (Å²) in [6.45, 7) is 0. The Morgan fingerprint density at radius 3 is 2.48 bits per heavy atom. The molecular formula is C15H16FN3O2. The van der Waals surface area contributed by atoms with E-state index >= 15 is 0 Å². The van der Waals surface area contributed by atoms with Gasteiger partial charge in [0.15, 0.2) is 0 Å². The fourth-order valence-electron chi connectivity index (χ4n) is 2.88. The van der Waals surface area contributed by atoms with Crippen LogP contribution in [0.2, 0.25) is 0 Å². The number of imide groups is 1. The first-order valence-corrected chi connectivity index (χ1v) is 7.07. The van der Waals surface area contributed by atoms with Gasteiger partial charge in [-0.1, -0.05) is 31.4 Å². The van der Waals surface area contributed by atoms with Gasteiger partial charge in [-0.15, -0.1) is 5.01 Å². The number of urea groups is 1. The Balaban J connectivity index is 1.77. The normalized spacial score (nSPS) is 21.3. The fraction of sp³-hybridized carbons (Fsp3) is 0.400. The topological polar surface area (TPSA) is 61.8 Å². The Kier molecular flexibility index (Phi) is 3.45. The second-order valence-electron chi connectivity index (χ2n) is 5.49. The van der Waals surface area contributed by atoms with Gasteiger partial charge in [0.2, 0.25) is 0 Å². The maximum atomic E-state index is 12.8. The summed E-state index contributed by atoms with van der Waals surface area (Å²) < 4.78 is 12.8. The molecular weight excluding hydrogens is 273 g/mol. The van der Waals surface area contributed by atoms with Crippen LogP contribution in [-0.4, -0.2) is 28.7 Å². The summed E-state index contributed by atoms with van der Waals surface area (Å²) in [4.78, 5) is 24.4. The highest BCUT2D eigenvalue weighted by atomic mass is 19.1. The zero-order valence-electron chi connectivity index (χ0n) is 11.5. The van der Waals surface area contributed by atoms with Gasteiger partial charge in [0.1, 0.15) is 11.4 Å². The Bertz CT molecular complexity index is 591. The summed E-state index contributed by atoms with van der Waals surface area (Å²) in [6.07, 6.45) is 5.67. The van der Waals surface area contributed by atoms with Crippen LogP contribution in [0.4, 0.5) is 9.18 Å². The van der Waals surface area contributed by atoms with Crippen LogP contribution in [0.5, 0.6) is 0 Å². The smallest absolute Gasteiger partial charge is 0.321 e. The molecule has 3 amide bonds. The molecule has 1 N–H and O–H groups in total. The van der Waals surface area contributed by atoms with Crippen molar-refractivity contribution in [3.63, 3.8) is 0 Å². The molecule has 21 heavy (non-hydrogen) atoms. The Labute approximate surface area is 121 Å². The van der Waals surface area contributed by atoms with Gasteiger partial charge >= 0.3 is 6.03 Å². The van der Waals surface area contributed by atoms with Crippen molar-refractivity contribution in [2.45, 2.75) is 37.6 Å². The minimum absolute atomic E-state index is 0.287. The fourth-order valence-corrected chi connectivity index (χ4v) is 2.88. The van der Waals surface area contributed by atoms with Crippen molar-refractivity contribution >= 4 is 18.2 Å². The zero-order valence-corrected chi connectivity index (χ0v) is 11.5. The molecule has 1 aliphatic heterocycles. The molecule has 5 nitrogen and oxygen atoms in total. The number of hydrogen-bond acceptors (Lipinski definition) is 3. The van der Waals surface area contributed by atoms with Crippen LogP contribution >= 0.6 is 0 Å². The molecule has 1 saturated heterocycles. The number of halogens is 1. The molecule has 3 rings (SSSR count). The quantitative estimate of drug-likeness (QED) is 0.671. The van der Waals surface area contributed by atoms with Crippen molar-refractivity contribution in [2.24, 2.45) is 5.10 Å². The number of carbonyl (C=O) groups excluding carboxylic acids is 2. The predicted octanol–water partition coefficient (Wildman–Crippen LogP) is 2.41. The number of rotatable bonds is 2. The molecule has 0 atom stereocenters. The van der Waals surface area contributed by atoms with E-state index in [0.29, 0.717) is 18.4 Å². The van der Waals surface area contributed by atoms with E-state index in [1.165, 1.54) is 30.5 Å². The predicted molar refractivity (Wildman–Crippen MR) is 75.2 cm³/mol. The lowest BCUT2D eigenvalue weighted by Gasteiger charge is -2.29. The third kappa shape index (κ3) is 2.53.